The molecular formula is C18H15ClN6O. The number of allylic oxidation sites excluding steroid dienone is 1. The second-order valence-electron chi connectivity index (χ2n) is 5.83. The van der Waals surface area contributed by atoms with Crippen molar-refractivity contribution in [1.82, 2.24) is 19.9 Å². The van der Waals surface area contributed by atoms with E-state index in [1.807, 2.05) is 25.1 Å². The lowest BCUT2D eigenvalue weighted by atomic mass is 10.1. The maximum absolute atomic E-state index is 10.1. The first-order valence-corrected chi connectivity index (χ1v) is 8.36. The molecule has 4 heterocycles. The third-order valence-electron chi connectivity index (χ3n) is 3.97. The lowest BCUT2D eigenvalue weighted by Gasteiger charge is -2.11. The van der Waals surface area contributed by atoms with E-state index >= 15 is 0 Å². The molecule has 0 amide bonds. The van der Waals surface area contributed by atoms with E-state index < -0.39 is 0 Å². The Hall–Kier alpha value is -3.19. The quantitative estimate of drug-likeness (QED) is 0.648. The molecule has 26 heavy (non-hydrogen) atoms. The summed E-state index contributed by atoms with van der Waals surface area (Å²) in [6.07, 6.45) is 6.72. The Labute approximate surface area is 154 Å². The van der Waals surface area contributed by atoms with Gasteiger partial charge in [0.25, 0.3) is 0 Å². The molecule has 3 aromatic heterocycles. The van der Waals surface area contributed by atoms with Gasteiger partial charge in [0.15, 0.2) is 5.82 Å². The number of hydrogen-bond acceptors (Lipinski definition) is 6. The Bertz CT molecular complexity index is 1010. The molecule has 130 valence electrons. The first-order chi connectivity index (χ1) is 12.6. The van der Waals surface area contributed by atoms with Crippen molar-refractivity contribution >= 4 is 41.2 Å². The first-order valence-electron chi connectivity index (χ1n) is 7.98. The summed E-state index contributed by atoms with van der Waals surface area (Å²) in [5.41, 5.74) is 2.94. The number of pyridine rings is 2. The molecule has 4 rings (SSSR count). The van der Waals surface area contributed by atoms with E-state index in [9.17, 15) is 5.11 Å². The third kappa shape index (κ3) is 3.16. The first kappa shape index (κ1) is 16.3. The number of nitrogens with one attached hydrogen (secondary N) is 2. The minimum atomic E-state index is -0.106. The van der Waals surface area contributed by atoms with E-state index in [1.165, 1.54) is 0 Å². The average molecular weight is 367 g/mol. The van der Waals surface area contributed by atoms with Gasteiger partial charge in [-0.25, -0.2) is 9.98 Å². The summed E-state index contributed by atoms with van der Waals surface area (Å²) in [5.74, 6) is 0.943. The molecular weight excluding hydrogens is 352 g/mol. The zero-order valence-electron chi connectivity index (χ0n) is 13.8. The van der Waals surface area contributed by atoms with Crippen LogP contribution in [0, 0.1) is 0 Å². The summed E-state index contributed by atoms with van der Waals surface area (Å²) in [7, 11) is 0. The summed E-state index contributed by atoms with van der Waals surface area (Å²) in [6, 6.07) is 7.43. The molecule has 0 fully saturated rings. The topological polar surface area (TPSA) is 99.1 Å². The van der Waals surface area contributed by atoms with Crippen LogP contribution in [0.25, 0.3) is 11.6 Å². The number of aromatic amines is 1. The fourth-order valence-electron chi connectivity index (χ4n) is 2.68. The zero-order valence-corrected chi connectivity index (χ0v) is 14.6. The van der Waals surface area contributed by atoms with Crippen molar-refractivity contribution in [2.45, 2.75) is 13.0 Å². The van der Waals surface area contributed by atoms with E-state index in [1.54, 1.807) is 30.8 Å². The second-order valence-corrected chi connectivity index (χ2v) is 6.26. The van der Waals surface area contributed by atoms with Crippen molar-refractivity contribution in [3.8, 4) is 5.88 Å². The second kappa shape index (κ2) is 6.61. The Balaban J connectivity index is 1.59. The molecule has 0 saturated heterocycles. The van der Waals surface area contributed by atoms with E-state index in [2.05, 4.69) is 30.2 Å². The van der Waals surface area contributed by atoms with Gasteiger partial charge in [0.1, 0.15) is 5.69 Å². The molecule has 0 radical (unpaired) electrons. The summed E-state index contributed by atoms with van der Waals surface area (Å²) in [6.45, 7) is 1.97. The standard InChI is InChI=1S/C18H15ClN6O/c1-10(14-4-2-3-5-20-14)23-18-24-15(17(26)25-18)6-11-8-21-16-13(11)7-12(19)9-22-16/h2-10,26H,1H3,(H2,23,24,25). The predicted molar refractivity (Wildman–Crippen MR) is 102 cm³/mol. The van der Waals surface area contributed by atoms with Crippen LogP contribution in [0.4, 0.5) is 11.8 Å². The van der Waals surface area contributed by atoms with Crippen LogP contribution in [0.15, 0.2) is 41.7 Å². The average Bonchev–Trinajstić information content (AvgIpc) is 3.19. The molecule has 0 saturated carbocycles. The van der Waals surface area contributed by atoms with Gasteiger partial charge in [-0.3, -0.25) is 4.98 Å². The lowest BCUT2D eigenvalue weighted by molar-refractivity contribution is 0.455. The fourth-order valence-corrected chi connectivity index (χ4v) is 2.83. The Kier molecular flexibility index (Phi) is 4.14. The minimum absolute atomic E-state index is 0.0703. The Morgan fingerprint density at radius 3 is 3.00 bits per heavy atom. The number of halogens is 1. The number of H-pyrrole nitrogens is 1. The fraction of sp³-hybridized carbons (Fsp3) is 0.111. The highest BCUT2D eigenvalue weighted by Crippen LogP contribution is 2.33. The van der Waals surface area contributed by atoms with Crippen molar-refractivity contribution < 1.29 is 5.11 Å². The SMILES string of the molecule is CC(Nc1nc(O)c(C=C2C=Nc3ncc(Cl)cc32)[nH]1)c1ccccn1. The van der Waals surface area contributed by atoms with E-state index in [4.69, 9.17) is 11.6 Å². The van der Waals surface area contributed by atoms with Crippen LogP contribution in [-0.2, 0) is 0 Å². The van der Waals surface area contributed by atoms with Crippen LogP contribution in [0.5, 0.6) is 5.88 Å². The highest BCUT2D eigenvalue weighted by Gasteiger charge is 2.17. The number of fused-ring (bicyclic) bond motifs is 1. The van der Waals surface area contributed by atoms with Crippen molar-refractivity contribution in [2.24, 2.45) is 4.99 Å². The minimum Gasteiger partial charge on any atom is -0.492 e. The number of aromatic nitrogens is 4. The zero-order chi connectivity index (χ0) is 18.1. The lowest BCUT2D eigenvalue weighted by Crippen LogP contribution is -2.09. The largest absolute Gasteiger partial charge is 0.492 e. The van der Waals surface area contributed by atoms with Gasteiger partial charge in [-0.05, 0) is 31.2 Å². The number of rotatable bonds is 4. The van der Waals surface area contributed by atoms with Gasteiger partial charge >= 0.3 is 0 Å². The molecule has 7 nitrogen and oxygen atoms in total. The number of nitrogens with zero attached hydrogens (tertiary/aromatic N) is 4. The maximum Gasteiger partial charge on any atom is 0.238 e. The monoisotopic (exact) mass is 366 g/mol. The normalized spacial score (nSPS) is 15.2. The number of aromatic hydroxyl groups is 1. The molecule has 8 heteroatoms. The van der Waals surface area contributed by atoms with Gasteiger partial charge in [0.05, 0.1) is 16.8 Å². The molecule has 3 aromatic rings. The molecule has 1 aliphatic rings. The van der Waals surface area contributed by atoms with E-state index in [0.717, 1.165) is 16.8 Å². The molecule has 0 bridgehead atoms. The molecule has 0 aliphatic carbocycles. The van der Waals surface area contributed by atoms with E-state index in [0.29, 0.717) is 22.5 Å². The van der Waals surface area contributed by atoms with Gasteiger partial charge in [0.2, 0.25) is 11.8 Å². The van der Waals surface area contributed by atoms with Crippen molar-refractivity contribution in [3.63, 3.8) is 0 Å². The molecule has 1 aliphatic heterocycles. The van der Waals surface area contributed by atoms with Gasteiger partial charge in [-0.1, -0.05) is 17.7 Å². The summed E-state index contributed by atoms with van der Waals surface area (Å²) in [5, 5.41) is 13.9. The molecule has 0 aromatic carbocycles. The maximum atomic E-state index is 10.1. The number of aliphatic imine (C=N–C) groups is 1. The van der Waals surface area contributed by atoms with Crippen LogP contribution >= 0.6 is 11.6 Å². The van der Waals surface area contributed by atoms with Gasteiger partial charge in [-0.15, -0.1) is 0 Å². The Morgan fingerprint density at radius 2 is 2.19 bits per heavy atom. The summed E-state index contributed by atoms with van der Waals surface area (Å²) in [4.78, 5) is 19.9. The van der Waals surface area contributed by atoms with Crippen LogP contribution in [0.2, 0.25) is 5.02 Å². The molecule has 3 N–H and O–H groups in total. The Morgan fingerprint density at radius 1 is 1.31 bits per heavy atom. The van der Waals surface area contributed by atoms with Crippen LogP contribution < -0.4 is 5.32 Å². The summed E-state index contributed by atoms with van der Waals surface area (Å²) < 4.78 is 0. The van der Waals surface area contributed by atoms with Gasteiger partial charge in [0, 0.05) is 29.7 Å². The van der Waals surface area contributed by atoms with E-state index in [-0.39, 0.29) is 11.9 Å². The van der Waals surface area contributed by atoms with Gasteiger partial charge in [-0.2, -0.15) is 4.98 Å². The van der Waals surface area contributed by atoms with Crippen molar-refractivity contribution in [3.05, 3.63) is 58.6 Å². The van der Waals surface area contributed by atoms with Gasteiger partial charge < -0.3 is 15.4 Å². The third-order valence-corrected chi connectivity index (χ3v) is 4.17. The van der Waals surface area contributed by atoms with Crippen molar-refractivity contribution in [1.29, 1.82) is 0 Å². The highest BCUT2D eigenvalue weighted by atomic mass is 35.5. The number of imidazole rings is 1. The molecule has 1 atom stereocenters. The molecule has 1 unspecified atom stereocenters. The van der Waals surface area contributed by atoms with Crippen LogP contribution in [-0.4, -0.2) is 31.3 Å². The number of anilines is 1. The van der Waals surface area contributed by atoms with Crippen molar-refractivity contribution in [2.75, 3.05) is 5.32 Å². The predicted octanol–water partition coefficient (Wildman–Crippen LogP) is 3.99. The smallest absolute Gasteiger partial charge is 0.238 e. The van der Waals surface area contributed by atoms with Crippen LogP contribution in [0.3, 0.4) is 0 Å². The summed E-state index contributed by atoms with van der Waals surface area (Å²) >= 11 is 6.01. The highest BCUT2D eigenvalue weighted by molar-refractivity contribution is 6.31. The van der Waals surface area contributed by atoms with Crippen LogP contribution in [0.1, 0.15) is 29.9 Å². The number of hydrogen-bond donors (Lipinski definition) is 3. The molecule has 0 spiro atoms.